The van der Waals surface area contributed by atoms with Crippen LogP contribution in [-0.2, 0) is 24.5 Å². The highest BCUT2D eigenvalue weighted by Gasteiger charge is 2.56. The molecule has 0 aromatic heterocycles. The number of methoxy groups -OCH3 is 1. The van der Waals surface area contributed by atoms with E-state index in [2.05, 4.69) is 0 Å². The summed E-state index contributed by atoms with van der Waals surface area (Å²) >= 11 is 0. The molecule has 2 saturated carbocycles. The van der Waals surface area contributed by atoms with Crippen molar-refractivity contribution in [2.45, 2.75) is 56.4 Å². The Balaban J connectivity index is 1.47. The fourth-order valence-corrected chi connectivity index (χ4v) is 6.95. The smallest absolute Gasteiger partial charge is 0.241 e. The zero-order chi connectivity index (χ0) is 22.5. The Labute approximate surface area is 188 Å². The molecular formula is C25H31FN2O4. The van der Waals surface area contributed by atoms with Crippen LogP contribution >= 0.6 is 0 Å². The Morgan fingerprint density at radius 2 is 1.78 bits per heavy atom. The van der Waals surface area contributed by atoms with Crippen LogP contribution in [0.5, 0.6) is 0 Å². The van der Waals surface area contributed by atoms with Crippen molar-refractivity contribution in [1.29, 1.82) is 0 Å². The summed E-state index contributed by atoms with van der Waals surface area (Å²) < 4.78 is 20.0. The van der Waals surface area contributed by atoms with Crippen LogP contribution in [0.4, 0.5) is 4.39 Å². The first-order valence-electron chi connectivity index (χ1n) is 11.8. The predicted octanol–water partition coefficient (Wildman–Crippen LogP) is 2.90. The Bertz CT molecular complexity index is 922. The number of fused-ring (bicyclic) bond motifs is 1. The molecule has 1 aromatic rings. The zero-order valence-corrected chi connectivity index (χ0v) is 18.6. The first kappa shape index (κ1) is 21.6. The van der Waals surface area contributed by atoms with Crippen LogP contribution in [-0.4, -0.2) is 60.4 Å². The minimum atomic E-state index is -1.49. The van der Waals surface area contributed by atoms with Gasteiger partial charge in [0.05, 0.1) is 18.6 Å². The monoisotopic (exact) mass is 442 g/mol. The van der Waals surface area contributed by atoms with Gasteiger partial charge in [0.25, 0.3) is 0 Å². The number of benzene rings is 1. The number of carbonyl (C=O) groups excluding carboxylic acids is 3. The predicted molar refractivity (Wildman–Crippen MR) is 115 cm³/mol. The van der Waals surface area contributed by atoms with E-state index in [-0.39, 0.29) is 49.4 Å². The molecule has 3 amide bonds. The van der Waals surface area contributed by atoms with E-state index in [1.807, 2.05) is 4.90 Å². The Hall–Kier alpha value is -2.28. The molecule has 4 bridgehead atoms. The lowest BCUT2D eigenvalue weighted by atomic mass is 9.68. The maximum Gasteiger partial charge on any atom is 0.241 e. The molecule has 1 aromatic carbocycles. The van der Waals surface area contributed by atoms with Gasteiger partial charge in [-0.15, -0.1) is 0 Å². The fraction of sp³-hybridized carbons (Fsp3) is 0.640. The number of rotatable bonds is 6. The van der Waals surface area contributed by atoms with E-state index in [9.17, 15) is 18.8 Å². The van der Waals surface area contributed by atoms with E-state index in [1.54, 1.807) is 18.2 Å². The molecule has 6 rings (SSSR count). The van der Waals surface area contributed by atoms with Crippen LogP contribution in [0.15, 0.2) is 24.3 Å². The van der Waals surface area contributed by atoms with E-state index in [0.717, 1.165) is 24.3 Å². The van der Waals surface area contributed by atoms with Gasteiger partial charge in [-0.2, -0.15) is 0 Å². The maximum atomic E-state index is 15.0. The molecule has 32 heavy (non-hydrogen) atoms. The fourth-order valence-electron chi connectivity index (χ4n) is 6.95. The summed E-state index contributed by atoms with van der Waals surface area (Å²) in [6.45, 7) is 1.03. The van der Waals surface area contributed by atoms with Crippen molar-refractivity contribution in [2.24, 2.45) is 17.8 Å². The summed E-state index contributed by atoms with van der Waals surface area (Å²) in [7, 11) is 1.50. The summed E-state index contributed by atoms with van der Waals surface area (Å²) in [4.78, 5) is 43.3. The number of amides is 3. The van der Waals surface area contributed by atoms with Crippen LogP contribution in [0.25, 0.3) is 0 Å². The van der Waals surface area contributed by atoms with Gasteiger partial charge in [-0.3, -0.25) is 19.3 Å². The molecule has 0 N–H and O–H groups in total. The largest absolute Gasteiger partial charge is 0.383 e. The number of hydrogen-bond acceptors (Lipinski definition) is 4. The summed E-state index contributed by atoms with van der Waals surface area (Å²) in [5.41, 5.74) is -1.34. The number of carbonyl (C=O) groups is 3. The lowest BCUT2D eigenvalue weighted by molar-refractivity contribution is -0.144. The van der Waals surface area contributed by atoms with E-state index in [1.165, 1.54) is 32.4 Å². The highest BCUT2D eigenvalue weighted by molar-refractivity contribution is 6.10. The van der Waals surface area contributed by atoms with Crippen molar-refractivity contribution in [3.8, 4) is 0 Å². The zero-order valence-electron chi connectivity index (χ0n) is 18.6. The lowest BCUT2D eigenvalue weighted by Crippen LogP contribution is -2.47. The van der Waals surface area contributed by atoms with Gasteiger partial charge in [0.1, 0.15) is 5.82 Å². The van der Waals surface area contributed by atoms with E-state index in [0.29, 0.717) is 17.8 Å². The van der Waals surface area contributed by atoms with E-state index in [4.69, 9.17) is 4.74 Å². The number of hydrogen-bond donors (Lipinski definition) is 0. The van der Waals surface area contributed by atoms with Crippen molar-refractivity contribution in [1.82, 2.24) is 9.80 Å². The molecule has 2 aliphatic carbocycles. The van der Waals surface area contributed by atoms with E-state index >= 15 is 0 Å². The van der Waals surface area contributed by atoms with Gasteiger partial charge in [-0.1, -0.05) is 18.2 Å². The molecule has 3 heterocycles. The second-order valence-corrected chi connectivity index (χ2v) is 10.2. The second kappa shape index (κ2) is 8.25. The van der Waals surface area contributed by atoms with Gasteiger partial charge in [0, 0.05) is 38.1 Å². The van der Waals surface area contributed by atoms with Gasteiger partial charge < -0.3 is 9.64 Å². The third-order valence-electron chi connectivity index (χ3n) is 8.20. The Morgan fingerprint density at radius 1 is 1.09 bits per heavy atom. The van der Waals surface area contributed by atoms with Gasteiger partial charge in [-0.25, -0.2) is 4.39 Å². The molecule has 5 fully saturated rings. The maximum absolute atomic E-state index is 15.0. The van der Waals surface area contributed by atoms with Crippen LogP contribution < -0.4 is 0 Å². The molecule has 3 saturated heterocycles. The molecule has 6 nitrogen and oxygen atoms in total. The molecule has 7 heteroatoms. The SMILES string of the molecule is COCCN1C(=O)C[C@](CC(=O)N2CC3C[C@H]4CC2C[C@H](C3)C4)(c2ccccc2F)C1=O. The number of likely N-dealkylation sites (tertiary alicyclic amines) is 1. The minimum absolute atomic E-state index is 0.107. The molecule has 3 aliphatic heterocycles. The normalized spacial score (nSPS) is 33.8. The molecule has 3 atom stereocenters. The molecular weight excluding hydrogens is 411 g/mol. The standard InChI is InChI=1S/C25H31FN2O4/c1-32-7-6-27-22(29)13-25(24(27)31,20-4-2-3-5-21(20)26)14-23(30)28-15-18-9-16-8-17(10-18)12-19(28)11-16/h2-5,16-19H,6-15H2,1H3/t16-,17-,18?,19?,25-/m0/s1. The van der Waals surface area contributed by atoms with Crippen molar-refractivity contribution in [2.75, 3.05) is 26.8 Å². The van der Waals surface area contributed by atoms with Crippen molar-refractivity contribution < 1.29 is 23.5 Å². The molecule has 0 spiro atoms. The summed E-state index contributed by atoms with van der Waals surface area (Å²) in [6, 6.07) is 6.26. The van der Waals surface area contributed by atoms with Crippen molar-refractivity contribution >= 4 is 17.7 Å². The Morgan fingerprint density at radius 3 is 2.47 bits per heavy atom. The van der Waals surface area contributed by atoms with Gasteiger partial charge >= 0.3 is 0 Å². The van der Waals surface area contributed by atoms with Crippen LogP contribution in [0.2, 0.25) is 0 Å². The summed E-state index contributed by atoms with van der Waals surface area (Å²) in [5.74, 6) is 0.355. The third-order valence-corrected chi connectivity index (χ3v) is 8.20. The number of halogens is 1. The van der Waals surface area contributed by atoms with Crippen molar-refractivity contribution in [3.63, 3.8) is 0 Å². The molecule has 0 radical (unpaired) electrons. The topological polar surface area (TPSA) is 66.9 Å². The highest BCUT2D eigenvalue weighted by atomic mass is 19.1. The van der Waals surface area contributed by atoms with Gasteiger partial charge in [0.15, 0.2) is 0 Å². The lowest BCUT2D eigenvalue weighted by Gasteiger charge is -2.39. The molecule has 172 valence electrons. The average molecular weight is 443 g/mol. The van der Waals surface area contributed by atoms with E-state index < -0.39 is 17.1 Å². The first-order valence-corrected chi connectivity index (χ1v) is 11.8. The number of imide groups is 1. The average Bonchev–Trinajstić information content (AvgIpc) is 2.85. The number of nitrogens with zero attached hydrogens (tertiary/aromatic N) is 2. The quantitative estimate of drug-likeness (QED) is 0.636. The minimum Gasteiger partial charge on any atom is -0.383 e. The van der Waals surface area contributed by atoms with Gasteiger partial charge in [0.2, 0.25) is 17.7 Å². The van der Waals surface area contributed by atoms with Crippen LogP contribution in [0.3, 0.4) is 0 Å². The van der Waals surface area contributed by atoms with Crippen LogP contribution in [0, 0.1) is 23.6 Å². The number of ether oxygens (including phenoxy) is 1. The van der Waals surface area contributed by atoms with Crippen LogP contribution in [0.1, 0.15) is 50.5 Å². The second-order valence-electron chi connectivity index (χ2n) is 10.2. The third kappa shape index (κ3) is 3.54. The van der Waals surface area contributed by atoms with Gasteiger partial charge in [-0.05, 0) is 55.9 Å². The Kier molecular flexibility index (Phi) is 5.56. The molecule has 5 aliphatic rings. The highest BCUT2D eigenvalue weighted by Crippen LogP contribution is 2.48. The summed E-state index contributed by atoms with van der Waals surface area (Å²) in [5, 5.41) is 0. The summed E-state index contributed by atoms with van der Waals surface area (Å²) in [6.07, 6.45) is 5.33. The molecule has 0 unspecified atom stereocenters. The van der Waals surface area contributed by atoms with Crippen molar-refractivity contribution in [3.05, 3.63) is 35.6 Å². The first-order chi connectivity index (χ1) is 15.4.